The van der Waals surface area contributed by atoms with Crippen molar-refractivity contribution in [1.82, 2.24) is 4.90 Å². The number of fused-ring (bicyclic) bond motifs is 1. The summed E-state index contributed by atoms with van der Waals surface area (Å²) in [4.78, 5) is 2.18. The second-order valence-electron chi connectivity index (χ2n) is 7.97. The molecule has 5 nitrogen and oxygen atoms in total. The highest BCUT2D eigenvalue weighted by Gasteiger charge is 2.32. The SMILES string of the molecule is O[C@@H](CN1CCC[C@@](O)(c2ccc(F)cc2)CC1)c1ccc2c(c1)OCCCO2. The number of ether oxygens (including phenoxy) is 2. The first-order valence-electron chi connectivity index (χ1n) is 10.3. The van der Waals surface area contributed by atoms with Crippen molar-refractivity contribution in [1.29, 1.82) is 0 Å². The van der Waals surface area contributed by atoms with Crippen molar-refractivity contribution in [3.8, 4) is 11.5 Å². The highest BCUT2D eigenvalue weighted by molar-refractivity contribution is 5.44. The van der Waals surface area contributed by atoms with Crippen LogP contribution in [0.25, 0.3) is 0 Å². The van der Waals surface area contributed by atoms with E-state index in [2.05, 4.69) is 4.90 Å². The zero-order chi connectivity index (χ0) is 20.3. The maximum atomic E-state index is 13.2. The quantitative estimate of drug-likeness (QED) is 0.822. The van der Waals surface area contributed by atoms with Crippen LogP contribution in [0.5, 0.6) is 11.5 Å². The number of halogens is 1. The number of hydrogen-bond acceptors (Lipinski definition) is 5. The van der Waals surface area contributed by atoms with E-state index in [9.17, 15) is 14.6 Å². The zero-order valence-corrected chi connectivity index (χ0v) is 16.5. The number of aliphatic hydroxyl groups is 2. The highest BCUT2D eigenvalue weighted by Crippen LogP contribution is 2.35. The van der Waals surface area contributed by atoms with E-state index in [1.165, 1.54) is 12.1 Å². The van der Waals surface area contributed by atoms with E-state index in [0.29, 0.717) is 44.9 Å². The number of hydrogen-bond donors (Lipinski definition) is 2. The molecule has 2 N–H and O–H groups in total. The maximum absolute atomic E-state index is 13.2. The fourth-order valence-electron chi connectivity index (χ4n) is 4.14. The average molecular weight is 401 g/mol. The van der Waals surface area contributed by atoms with Gasteiger partial charge in [0.05, 0.1) is 24.9 Å². The van der Waals surface area contributed by atoms with Gasteiger partial charge in [-0.05, 0) is 61.2 Å². The second-order valence-corrected chi connectivity index (χ2v) is 7.97. The summed E-state index contributed by atoms with van der Waals surface area (Å²) in [7, 11) is 0. The molecule has 1 saturated heterocycles. The van der Waals surface area contributed by atoms with Crippen LogP contribution in [0.2, 0.25) is 0 Å². The third-order valence-electron chi connectivity index (χ3n) is 5.88. The molecule has 2 aromatic carbocycles. The molecule has 2 aromatic rings. The third-order valence-corrected chi connectivity index (χ3v) is 5.88. The van der Waals surface area contributed by atoms with E-state index in [4.69, 9.17) is 9.47 Å². The Bertz CT molecular complexity index is 828. The number of rotatable bonds is 4. The third kappa shape index (κ3) is 4.71. The largest absolute Gasteiger partial charge is 0.490 e. The highest BCUT2D eigenvalue weighted by atomic mass is 19.1. The lowest BCUT2D eigenvalue weighted by Crippen LogP contribution is -2.32. The van der Waals surface area contributed by atoms with Gasteiger partial charge in [-0.3, -0.25) is 0 Å². The van der Waals surface area contributed by atoms with Crippen LogP contribution in [0.3, 0.4) is 0 Å². The lowest BCUT2D eigenvalue weighted by molar-refractivity contribution is 0.0194. The lowest BCUT2D eigenvalue weighted by atomic mass is 9.87. The van der Waals surface area contributed by atoms with Gasteiger partial charge in [0.2, 0.25) is 0 Å². The molecule has 29 heavy (non-hydrogen) atoms. The Morgan fingerprint density at radius 3 is 2.52 bits per heavy atom. The predicted molar refractivity (Wildman–Crippen MR) is 108 cm³/mol. The van der Waals surface area contributed by atoms with E-state index >= 15 is 0 Å². The monoisotopic (exact) mass is 401 g/mol. The minimum atomic E-state index is -0.956. The standard InChI is InChI=1S/C23H28FNO4/c24-19-6-4-18(5-7-19)23(27)9-1-11-25(12-10-23)16-20(26)17-3-8-21-22(15-17)29-14-2-13-28-21/h3-8,15,20,26-27H,1-2,9-14,16H2/t20-,23-/m0/s1. The van der Waals surface area contributed by atoms with Crippen LogP contribution in [0, 0.1) is 5.82 Å². The van der Waals surface area contributed by atoms with Gasteiger partial charge in [0.1, 0.15) is 5.82 Å². The predicted octanol–water partition coefficient (Wildman–Crippen LogP) is 3.39. The fraction of sp³-hybridized carbons (Fsp3) is 0.478. The number of β-amino-alcohol motifs (C(OH)–C–C–N with tert-alkyl or cyclic N) is 1. The van der Waals surface area contributed by atoms with Crippen molar-refractivity contribution in [2.24, 2.45) is 0 Å². The smallest absolute Gasteiger partial charge is 0.161 e. The molecule has 0 spiro atoms. The summed E-state index contributed by atoms with van der Waals surface area (Å²) in [6.45, 7) is 3.19. The molecule has 1 fully saturated rings. The van der Waals surface area contributed by atoms with Crippen LogP contribution in [0.15, 0.2) is 42.5 Å². The first kappa shape index (κ1) is 20.1. The van der Waals surface area contributed by atoms with Crippen LogP contribution < -0.4 is 9.47 Å². The molecular formula is C23H28FNO4. The van der Waals surface area contributed by atoms with Crippen molar-refractivity contribution < 1.29 is 24.1 Å². The molecule has 2 aliphatic rings. The van der Waals surface area contributed by atoms with Gasteiger partial charge in [0.25, 0.3) is 0 Å². The van der Waals surface area contributed by atoms with Gasteiger partial charge in [-0.15, -0.1) is 0 Å². The molecule has 2 heterocycles. The first-order valence-corrected chi connectivity index (χ1v) is 10.3. The van der Waals surface area contributed by atoms with Crippen molar-refractivity contribution >= 4 is 0 Å². The Labute approximate surface area is 170 Å². The Kier molecular flexibility index (Phi) is 6.04. The molecule has 156 valence electrons. The molecule has 2 aliphatic heterocycles. The number of likely N-dealkylation sites (tertiary alicyclic amines) is 1. The first-order chi connectivity index (χ1) is 14.0. The van der Waals surface area contributed by atoms with Crippen LogP contribution in [-0.2, 0) is 5.60 Å². The van der Waals surface area contributed by atoms with Gasteiger partial charge in [-0.25, -0.2) is 4.39 Å². The molecule has 0 radical (unpaired) electrons. The van der Waals surface area contributed by atoms with E-state index in [1.54, 1.807) is 12.1 Å². The normalized spacial score (nSPS) is 23.8. The number of nitrogens with zero attached hydrogens (tertiary/aromatic N) is 1. The molecule has 2 atom stereocenters. The van der Waals surface area contributed by atoms with Gasteiger partial charge in [0.15, 0.2) is 11.5 Å². The summed E-state index contributed by atoms with van der Waals surface area (Å²) >= 11 is 0. The number of benzene rings is 2. The van der Waals surface area contributed by atoms with Gasteiger partial charge in [-0.1, -0.05) is 18.2 Å². The summed E-state index contributed by atoms with van der Waals surface area (Å²) in [5, 5.41) is 21.9. The Morgan fingerprint density at radius 1 is 0.966 bits per heavy atom. The second kappa shape index (κ2) is 8.69. The molecule has 0 amide bonds. The fourth-order valence-corrected chi connectivity index (χ4v) is 4.14. The summed E-state index contributed by atoms with van der Waals surface area (Å²) in [6.07, 6.45) is 2.17. The van der Waals surface area contributed by atoms with Gasteiger partial charge in [-0.2, -0.15) is 0 Å². The Morgan fingerprint density at radius 2 is 1.72 bits per heavy atom. The summed E-state index contributed by atoms with van der Waals surface area (Å²) in [5.74, 6) is 1.10. The minimum Gasteiger partial charge on any atom is -0.490 e. The zero-order valence-electron chi connectivity index (χ0n) is 16.5. The van der Waals surface area contributed by atoms with Crippen LogP contribution >= 0.6 is 0 Å². The van der Waals surface area contributed by atoms with Crippen LogP contribution in [0.1, 0.15) is 42.9 Å². The molecule has 0 aromatic heterocycles. The summed E-state index contributed by atoms with van der Waals surface area (Å²) < 4.78 is 24.6. The van der Waals surface area contributed by atoms with Crippen molar-refractivity contribution in [2.45, 2.75) is 37.4 Å². The van der Waals surface area contributed by atoms with Crippen LogP contribution in [-0.4, -0.2) is 48.0 Å². The van der Waals surface area contributed by atoms with Crippen molar-refractivity contribution in [2.75, 3.05) is 32.8 Å². The van der Waals surface area contributed by atoms with Crippen molar-refractivity contribution in [3.63, 3.8) is 0 Å². The number of aliphatic hydroxyl groups excluding tert-OH is 1. The molecule has 0 saturated carbocycles. The lowest BCUT2D eigenvalue weighted by Gasteiger charge is -2.28. The van der Waals surface area contributed by atoms with Gasteiger partial charge >= 0.3 is 0 Å². The van der Waals surface area contributed by atoms with E-state index in [1.807, 2.05) is 18.2 Å². The van der Waals surface area contributed by atoms with Crippen LogP contribution in [0.4, 0.5) is 4.39 Å². The molecule has 0 aliphatic carbocycles. The molecule has 6 heteroatoms. The Hall–Kier alpha value is -2.15. The summed E-state index contributed by atoms with van der Waals surface area (Å²) in [6, 6.07) is 11.7. The maximum Gasteiger partial charge on any atom is 0.161 e. The van der Waals surface area contributed by atoms with Gasteiger partial charge < -0.3 is 24.6 Å². The van der Waals surface area contributed by atoms with Crippen molar-refractivity contribution in [3.05, 3.63) is 59.4 Å². The van der Waals surface area contributed by atoms with E-state index in [0.717, 1.165) is 36.3 Å². The van der Waals surface area contributed by atoms with E-state index < -0.39 is 11.7 Å². The average Bonchev–Trinajstić information content (AvgIpc) is 3.07. The van der Waals surface area contributed by atoms with Gasteiger partial charge in [0, 0.05) is 19.5 Å². The minimum absolute atomic E-state index is 0.300. The molecule has 4 rings (SSSR count). The molecule has 0 unspecified atom stereocenters. The summed E-state index contributed by atoms with van der Waals surface area (Å²) in [5.41, 5.74) is 0.597. The molecular weight excluding hydrogens is 373 g/mol. The topological polar surface area (TPSA) is 62.2 Å². The Balaban J connectivity index is 1.40. The van der Waals surface area contributed by atoms with E-state index in [-0.39, 0.29) is 5.82 Å². The molecule has 0 bridgehead atoms.